The Bertz CT molecular complexity index is 934. The van der Waals surface area contributed by atoms with Gasteiger partial charge in [0.25, 0.3) is 0 Å². The van der Waals surface area contributed by atoms with E-state index in [2.05, 4.69) is 15.0 Å². The maximum atomic E-state index is 12.6. The Kier molecular flexibility index (Phi) is 7.81. The number of carbonyl (C=O) groups excluding carboxylic acids is 2. The number of hydrogen-bond donors (Lipinski definition) is 3. The monoisotopic (exact) mass is 515 g/mol. The van der Waals surface area contributed by atoms with Crippen molar-refractivity contribution in [2.75, 3.05) is 57.4 Å². The molecule has 3 amide bonds. The molecular formula is C23H32F3N5O5. The molecule has 3 aliphatic heterocycles. The van der Waals surface area contributed by atoms with Crippen molar-refractivity contribution < 1.29 is 37.3 Å². The number of nitrogens with two attached hydrogens (primary N) is 1. The van der Waals surface area contributed by atoms with Gasteiger partial charge in [-0.15, -0.1) is 13.2 Å². The van der Waals surface area contributed by atoms with Gasteiger partial charge in [-0.3, -0.25) is 9.69 Å². The van der Waals surface area contributed by atoms with Crippen LogP contribution >= 0.6 is 0 Å². The molecule has 3 saturated heterocycles. The number of nitrogens with zero attached hydrogens (tertiary/aromatic N) is 3. The van der Waals surface area contributed by atoms with Crippen LogP contribution in [0.1, 0.15) is 19.3 Å². The molecule has 1 spiro atoms. The number of anilines is 1. The number of rotatable bonds is 7. The van der Waals surface area contributed by atoms with Gasteiger partial charge in [0.15, 0.2) is 0 Å². The van der Waals surface area contributed by atoms with Gasteiger partial charge in [0.2, 0.25) is 5.91 Å². The number of amides is 3. The molecule has 200 valence electrons. The highest BCUT2D eigenvalue weighted by atomic mass is 19.4. The van der Waals surface area contributed by atoms with Crippen LogP contribution in [-0.4, -0.2) is 103 Å². The van der Waals surface area contributed by atoms with Gasteiger partial charge in [-0.25, -0.2) is 4.79 Å². The molecule has 0 radical (unpaired) electrons. The number of benzene rings is 1. The van der Waals surface area contributed by atoms with E-state index in [-0.39, 0.29) is 36.8 Å². The first-order valence-corrected chi connectivity index (χ1v) is 12.0. The third-order valence-electron chi connectivity index (χ3n) is 7.04. The van der Waals surface area contributed by atoms with Gasteiger partial charge in [-0.2, -0.15) is 0 Å². The van der Waals surface area contributed by atoms with Crippen LogP contribution in [0.25, 0.3) is 0 Å². The summed E-state index contributed by atoms with van der Waals surface area (Å²) < 4.78 is 47.4. The summed E-state index contributed by atoms with van der Waals surface area (Å²) in [5, 5.41) is 13.0. The van der Waals surface area contributed by atoms with Crippen LogP contribution < -0.4 is 20.7 Å². The van der Waals surface area contributed by atoms with Crippen LogP contribution in [0.3, 0.4) is 0 Å². The summed E-state index contributed by atoms with van der Waals surface area (Å²) in [5.41, 5.74) is 5.56. The molecule has 10 nitrogen and oxygen atoms in total. The van der Waals surface area contributed by atoms with Crippen LogP contribution in [0.5, 0.6) is 5.75 Å². The summed E-state index contributed by atoms with van der Waals surface area (Å²) in [5.74, 6) is -0.468. The van der Waals surface area contributed by atoms with E-state index in [0.29, 0.717) is 58.7 Å². The average Bonchev–Trinajstić information content (AvgIpc) is 3.45. The standard InChI is InChI=1S/C23H32F3N5O5/c24-23(25,26)36-19-3-1-17(2-4-19)30-8-6-22(14-30)15-31(9-10-35-22)18(13-32)11-20(33)28-16-5-7-29(12-16)21(27)34/h1-4,16,18,32H,5-15H2,(H2,27,34)(H,28,33). The lowest BCUT2D eigenvalue weighted by Gasteiger charge is -2.43. The van der Waals surface area contributed by atoms with Gasteiger partial charge < -0.3 is 35.4 Å². The molecule has 3 atom stereocenters. The number of halogens is 3. The van der Waals surface area contributed by atoms with E-state index in [1.54, 1.807) is 12.1 Å². The van der Waals surface area contributed by atoms with Crippen molar-refractivity contribution in [1.82, 2.24) is 15.1 Å². The quantitative estimate of drug-likeness (QED) is 0.493. The number of primary amides is 1. The van der Waals surface area contributed by atoms with Crippen LogP contribution in [0, 0.1) is 0 Å². The number of hydrogen-bond acceptors (Lipinski definition) is 7. The molecule has 3 heterocycles. The SMILES string of the molecule is NC(=O)N1CCC(NC(=O)CC(CO)N2CCOC3(CCN(c4ccc(OC(F)(F)F)cc4)C3)C2)C1. The van der Waals surface area contributed by atoms with Crippen LogP contribution in [0.4, 0.5) is 23.7 Å². The van der Waals surface area contributed by atoms with Crippen LogP contribution in [0.15, 0.2) is 24.3 Å². The number of urea groups is 1. The predicted octanol–water partition coefficient (Wildman–Crippen LogP) is 0.887. The van der Waals surface area contributed by atoms with Gasteiger partial charge in [-0.05, 0) is 37.1 Å². The van der Waals surface area contributed by atoms with Crippen molar-refractivity contribution in [3.63, 3.8) is 0 Å². The summed E-state index contributed by atoms with van der Waals surface area (Å²) in [4.78, 5) is 29.6. The molecule has 3 aliphatic rings. The molecule has 0 aliphatic carbocycles. The Balaban J connectivity index is 1.31. The van der Waals surface area contributed by atoms with Gasteiger partial charge in [0, 0.05) is 63.5 Å². The number of likely N-dealkylation sites (tertiary alicyclic amines) is 1. The molecule has 0 saturated carbocycles. The lowest BCUT2D eigenvalue weighted by molar-refractivity contribution is -0.274. The van der Waals surface area contributed by atoms with Crippen molar-refractivity contribution in [2.45, 2.75) is 43.3 Å². The average molecular weight is 516 g/mol. The number of alkyl halides is 3. The topological polar surface area (TPSA) is 121 Å². The molecule has 36 heavy (non-hydrogen) atoms. The number of ether oxygens (including phenoxy) is 2. The molecule has 1 aromatic rings. The first-order chi connectivity index (χ1) is 17.1. The third-order valence-corrected chi connectivity index (χ3v) is 7.04. The van der Waals surface area contributed by atoms with E-state index in [1.165, 1.54) is 17.0 Å². The largest absolute Gasteiger partial charge is 0.573 e. The zero-order chi connectivity index (χ0) is 25.9. The van der Waals surface area contributed by atoms with Crippen molar-refractivity contribution in [2.24, 2.45) is 5.73 Å². The predicted molar refractivity (Wildman–Crippen MR) is 123 cm³/mol. The minimum absolute atomic E-state index is 0.115. The minimum atomic E-state index is -4.74. The highest BCUT2D eigenvalue weighted by Gasteiger charge is 2.44. The maximum absolute atomic E-state index is 12.6. The summed E-state index contributed by atoms with van der Waals surface area (Å²) in [6, 6.07) is 4.71. The van der Waals surface area contributed by atoms with Crippen molar-refractivity contribution >= 4 is 17.6 Å². The highest BCUT2D eigenvalue weighted by Crippen LogP contribution is 2.34. The van der Waals surface area contributed by atoms with Crippen LogP contribution in [0.2, 0.25) is 0 Å². The minimum Gasteiger partial charge on any atom is -0.406 e. The van der Waals surface area contributed by atoms with Crippen molar-refractivity contribution in [3.05, 3.63) is 24.3 Å². The Labute approximate surface area is 207 Å². The first kappa shape index (κ1) is 26.3. The van der Waals surface area contributed by atoms with E-state index in [9.17, 15) is 27.9 Å². The molecular weight excluding hydrogens is 483 g/mol. The number of aliphatic hydroxyl groups is 1. The van der Waals surface area contributed by atoms with E-state index < -0.39 is 18.0 Å². The smallest absolute Gasteiger partial charge is 0.406 e. The lowest BCUT2D eigenvalue weighted by atomic mass is 9.98. The zero-order valence-corrected chi connectivity index (χ0v) is 19.9. The second-order valence-corrected chi connectivity index (χ2v) is 9.59. The molecule has 3 fully saturated rings. The van der Waals surface area contributed by atoms with Gasteiger partial charge >= 0.3 is 12.4 Å². The normalized spacial score (nSPS) is 25.8. The number of morpholine rings is 1. The first-order valence-electron chi connectivity index (χ1n) is 12.0. The fourth-order valence-electron chi connectivity index (χ4n) is 5.24. The summed E-state index contributed by atoms with van der Waals surface area (Å²) in [6.45, 7) is 3.44. The highest BCUT2D eigenvalue weighted by molar-refractivity contribution is 5.77. The van der Waals surface area contributed by atoms with E-state index >= 15 is 0 Å². The molecule has 0 aromatic heterocycles. The molecule has 0 bridgehead atoms. The fourth-order valence-corrected chi connectivity index (χ4v) is 5.24. The third kappa shape index (κ3) is 6.51. The zero-order valence-electron chi connectivity index (χ0n) is 19.9. The van der Waals surface area contributed by atoms with E-state index in [4.69, 9.17) is 10.5 Å². The van der Waals surface area contributed by atoms with Gasteiger partial charge in [0.05, 0.1) is 18.8 Å². The number of carbonyl (C=O) groups is 2. The second kappa shape index (κ2) is 10.7. The number of nitrogens with one attached hydrogen (secondary N) is 1. The molecule has 1 aromatic carbocycles. The van der Waals surface area contributed by atoms with Crippen molar-refractivity contribution in [3.8, 4) is 5.75 Å². The van der Waals surface area contributed by atoms with Crippen molar-refractivity contribution in [1.29, 1.82) is 0 Å². The Hall–Kier alpha value is -2.77. The molecule has 4 N–H and O–H groups in total. The Morgan fingerprint density at radius 2 is 1.97 bits per heavy atom. The Morgan fingerprint density at radius 3 is 2.61 bits per heavy atom. The molecule has 4 rings (SSSR count). The summed E-state index contributed by atoms with van der Waals surface area (Å²) >= 11 is 0. The van der Waals surface area contributed by atoms with Gasteiger partial charge in [-0.1, -0.05) is 0 Å². The Morgan fingerprint density at radius 1 is 1.22 bits per heavy atom. The lowest BCUT2D eigenvalue weighted by Crippen LogP contribution is -2.57. The van der Waals surface area contributed by atoms with E-state index in [1.807, 2.05) is 4.90 Å². The summed E-state index contributed by atoms with van der Waals surface area (Å²) in [7, 11) is 0. The van der Waals surface area contributed by atoms with Gasteiger partial charge in [0.1, 0.15) is 5.75 Å². The fraction of sp³-hybridized carbons (Fsp3) is 0.652. The summed E-state index contributed by atoms with van der Waals surface area (Å²) in [6.07, 6.45) is -3.28. The second-order valence-electron chi connectivity index (χ2n) is 9.59. The molecule has 3 unspecified atom stereocenters. The van der Waals surface area contributed by atoms with E-state index in [0.717, 1.165) is 5.69 Å². The number of aliphatic hydroxyl groups excluding tert-OH is 1. The molecule has 13 heteroatoms. The van der Waals surface area contributed by atoms with Crippen LogP contribution in [-0.2, 0) is 9.53 Å². The maximum Gasteiger partial charge on any atom is 0.573 e.